The van der Waals surface area contributed by atoms with Gasteiger partial charge in [0.15, 0.2) is 0 Å². The molecule has 0 aliphatic carbocycles. The summed E-state index contributed by atoms with van der Waals surface area (Å²) in [5, 5.41) is 3.84. The Morgan fingerprint density at radius 2 is 1.35 bits per heavy atom. The second kappa shape index (κ2) is 5.17. The molecule has 0 atom stereocenters. The van der Waals surface area contributed by atoms with Gasteiger partial charge in [0, 0.05) is 23.2 Å². The fraction of sp³-hybridized carbons (Fsp3) is 0. The minimum atomic E-state index is -0.0148. The van der Waals surface area contributed by atoms with Crippen LogP contribution in [0.2, 0.25) is 0 Å². The highest BCUT2D eigenvalue weighted by Gasteiger charge is 2.22. The molecule has 0 spiro atoms. The van der Waals surface area contributed by atoms with Crippen LogP contribution in [0.5, 0.6) is 0 Å². The zero-order valence-corrected chi connectivity index (χ0v) is 13.3. The summed E-state index contributed by atoms with van der Waals surface area (Å²) >= 11 is 0. The number of nitrogens with zero attached hydrogens (tertiary/aromatic N) is 6. The molecule has 0 bridgehead atoms. The van der Waals surface area contributed by atoms with E-state index in [-0.39, 0.29) is 11.6 Å². The van der Waals surface area contributed by atoms with Gasteiger partial charge in [-0.05, 0) is 10.8 Å². The molecule has 0 fully saturated rings. The Morgan fingerprint density at radius 1 is 0.654 bits per heavy atom. The predicted octanol–water partition coefficient (Wildman–Crippen LogP) is 4.98. The Kier molecular flexibility index (Phi) is 2.82. The van der Waals surface area contributed by atoms with Crippen LogP contribution in [-0.4, -0.2) is 19.9 Å². The largest absolute Gasteiger partial charge is 0.370 e. The maximum absolute atomic E-state index is 7.35. The van der Waals surface area contributed by atoms with E-state index in [2.05, 4.69) is 29.6 Å². The fourth-order valence-corrected chi connectivity index (χ4v) is 3.34. The summed E-state index contributed by atoms with van der Waals surface area (Å²) in [6.45, 7) is 14.7. The molecule has 6 heteroatoms. The van der Waals surface area contributed by atoms with Crippen LogP contribution in [0.1, 0.15) is 0 Å². The number of fused-ring (bicyclic) bond motifs is 8. The van der Waals surface area contributed by atoms with Gasteiger partial charge in [0.1, 0.15) is 11.0 Å². The van der Waals surface area contributed by atoms with E-state index < -0.39 is 0 Å². The molecule has 0 aliphatic rings. The van der Waals surface area contributed by atoms with Crippen LogP contribution in [0.25, 0.3) is 53.3 Å². The molecule has 118 valence electrons. The number of benzene rings is 3. The third-order valence-corrected chi connectivity index (χ3v) is 4.42. The lowest BCUT2D eigenvalue weighted by molar-refractivity contribution is 1.29. The second-order valence-electron chi connectivity index (χ2n) is 5.75. The second-order valence-corrected chi connectivity index (χ2v) is 5.75. The molecule has 26 heavy (non-hydrogen) atoms. The first-order valence-electron chi connectivity index (χ1n) is 7.82. The highest BCUT2D eigenvalue weighted by Crippen LogP contribution is 2.38. The zero-order chi connectivity index (χ0) is 17.7. The Bertz CT molecular complexity index is 1450. The summed E-state index contributed by atoms with van der Waals surface area (Å²) in [4.78, 5) is 24.6. The van der Waals surface area contributed by atoms with Crippen molar-refractivity contribution in [2.24, 2.45) is 0 Å². The van der Waals surface area contributed by atoms with Gasteiger partial charge in [-0.2, -0.15) is 0 Å². The van der Waals surface area contributed by atoms with Crippen LogP contribution in [0, 0.1) is 13.1 Å². The zero-order valence-electron chi connectivity index (χ0n) is 13.3. The minimum absolute atomic E-state index is 0.00461. The van der Waals surface area contributed by atoms with Crippen molar-refractivity contribution in [3.8, 4) is 0 Å². The third kappa shape index (κ3) is 1.78. The van der Waals surface area contributed by atoms with E-state index in [9.17, 15) is 0 Å². The Labute approximate surface area is 147 Å². The van der Waals surface area contributed by atoms with E-state index in [1.165, 1.54) is 0 Å². The van der Waals surface area contributed by atoms with Gasteiger partial charge in [-0.15, -0.1) is 9.97 Å². The summed E-state index contributed by atoms with van der Waals surface area (Å²) in [5.41, 5.74) is 2.36. The number of aromatic nitrogens is 4. The third-order valence-electron chi connectivity index (χ3n) is 4.42. The quantitative estimate of drug-likeness (QED) is 0.296. The maximum Gasteiger partial charge on any atom is 0.294 e. The SMILES string of the molecule is [C-]#[N+]c1nc2c3nccnc3c3ccc4ccccc4c3c2nc1[N+]#[C-]. The van der Waals surface area contributed by atoms with Crippen molar-refractivity contribution < 1.29 is 0 Å². The van der Waals surface area contributed by atoms with E-state index in [0.717, 1.165) is 21.5 Å². The molecule has 0 radical (unpaired) electrons. The van der Waals surface area contributed by atoms with Crippen molar-refractivity contribution in [2.45, 2.75) is 0 Å². The van der Waals surface area contributed by atoms with Crippen molar-refractivity contribution in [1.29, 1.82) is 0 Å². The van der Waals surface area contributed by atoms with Gasteiger partial charge in [-0.25, -0.2) is 4.98 Å². The van der Waals surface area contributed by atoms with Crippen molar-refractivity contribution >= 4 is 55.2 Å². The molecular weight excluding hydrogens is 324 g/mol. The highest BCUT2D eigenvalue weighted by atomic mass is 15.0. The lowest BCUT2D eigenvalue weighted by Gasteiger charge is -2.07. The van der Waals surface area contributed by atoms with E-state index in [0.29, 0.717) is 22.1 Å². The molecular formula is C20H8N6. The molecule has 5 aromatic rings. The first kappa shape index (κ1) is 14.2. The monoisotopic (exact) mass is 332 g/mol. The minimum Gasteiger partial charge on any atom is -0.370 e. The van der Waals surface area contributed by atoms with Gasteiger partial charge in [0.05, 0.1) is 0 Å². The van der Waals surface area contributed by atoms with E-state index in [1.807, 2.05) is 36.4 Å². The predicted molar refractivity (Wildman–Crippen MR) is 100 cm³/mol. The molecule has 0 saturated carbocycles. The van der Waals surface area contributed by atoms with Crippen LogP contribution in [0.3, 0.4) is 0 Å². The van der Waals surface area contributed by atoms with E-state index in [4.69, 9.17) is 13.1 Å². The molecule has 5 rings (SSSR count). The van der Waals surface area contributed by atoms with Crippen molar-refractivity contribution in [2.75, 3.05) is 0 Å². The van der Waals surface area contributed by atoms with Gasteiger partial charge in [0.25, 0.3) is 11.6 Å². The molecule has 2 aromatic heterocycles. The molecule has 0 aliphatic heterocycles. The average Bonchev–Trinajstić information content (AvgIpc) is 2.72. The highest BCUT2D eigenvalue weighted by molar-refractivity contribution is 6.28. The molecule has 3 aromatic carbocycles. The van der Waals surface area contributed by atoms with Gasteiger partial charge < -0.3 is 9.69 Å². The van der Waals surface area contributed by atoms with Crippen LogP contribution >= 0.6 is 0 Å². The van der Waals surface area contributed by atoms with E-state index >= 15 is 0 Å². The molecule has 0 unspecified atom stereocenters. The van der Waals surface area contributed by atoms with Crippen LogP contribution < -0.4 is 0 Å². The summed E-state index contributed by atoms with van der Waals surface area (Å²) < 4.78 is 0. The molecule has 0 saturated heterocycles. The van der Waals surface area contributed by atoms with Crippen molar-refractivity contribution in [3.05, 3.63) is 71.6 Å². The van der Waals surface area contributed by atoms with Gasteiger partial charge >= 0.3 is 0 Å². The summed E-state index contributed by atoms with van der Waals surface area (Å²) in [6.07, 6.45) is 3.23. The Balaban J connectivity index is 2.20. The standard InChI is InChI=1S/C20H8N6/c1-21-19-20(22-2)26-18-16(25-19)14-12-6-4-3-5-11(12)7-8-13(14)15-17(18)24-10-9-23-15/h3-10H. The Hall–Kier alpha value is -4.16. The lowest BCUT2D eigenvalue weighted by atomic mass is 9.99. The topological polar surface area (TPSA) is 60.3 Å². The summed E-state index contributed by atoms with van der Waals surface area (Å²) in [5.74, 6) is -0.0102. The van der Waals surface area contributed by atoms with E-state index in [1.54, 1.807) is 12.4 Å². The normalized spacial score (nSPS) is 11.0. The fourth-order valence-electron chi connectivity index (χ4n) is 3.34. The lowest BCUT2D eigenvalue weighted by Crippen LogP contribution is -1.93. The first-order chi connectivity index (χ1) is 12.8. The maximum atomic E-state index is 7.35. The molecule has 0 amide bonds. The van der Waals surface area contributed by atoms with Crippen molar-refractivity contribution in [3.63, 3.8) is 0 Å². The van der Waals surface area contributed by atoms with Gasteiger partial charge in [0.2, 0.25) is 11.0 Å². The first-order valence-corrected chi connectivity index (χ1v) is 7.82. The van der Waals surface area contributed by atoms with Crippen LogP contribution in [-0.2, 0) is 0 Å². The number of hydrogen-bond donors (Lipinski definition) is 0. The van der Waals surface area contributed by atoms with Gasteiger partial charge in [-0.1, -0.05) is 49.5 Å². The molecule has 0 N–H and O–H groups in total. The summed E-state index contributed by atoms with van der Waals surface area (Å²) in [7, 11) is 0. The molecule has 2 heterocycles. The smallest absolute Gasteiger partial charge is 0.294 e. The van der Waals surface area contributed by atoms with Crippen molar-refractivity contribution in [1.82, 2.24) is 19.9 Å². The average molecular weight is 332 g/mol. The van der Waals surface area contributed by atoms with Crippen LogP contribution in [0.4, 0.5) is 11.6 Å². The van der Waals surface area contributed by atoms with Crippen LogP contribution in [0.15, 0.2) is 48.8 Å². The molecule has 6 nitrogen and oxygen atoms in total. The number of rotatable bonds is 0. The summed E-state index contributed by atoms with van der Waals surface area (Å²) in [6, 6.07) is 12.0. The Morgan fingerprint density at radius 3 is 2.12 bits per heavy atom. The van der Waals surface area contributed by atoms with Gasteiger partial charge in [-0.3, -0.25) is 4.98 Å². The number of hydrogen-bond acceptors (Lipinski definition) is 4.